The minimum absolute atomic E-state index is 0.0521. The van der Waals surface area contributed by atoms with E-state index in [1.807, 2.05) is 26.0 Å². The SMILES string of the molecule is COC(=O)/C(=C\c1ccc(C(C)(C)CO)cc1C(C)(C)C)c1cc(C)no1. The van der Waals surface area contributed by atoms with Gasteiger partial charge < -0.3 is 14.4 Å². The fourth-order valence-corrected chi connectivity index (χ4v) is 2.83. The van der Waals surface area contributed by atoms with E-state index in [9.17, 15) is 9.90 Å². The summed E-state index contributed by atoms with van der Waals surface area (Å²) in [6, 6.07) is 7.77. The van der Waals surface area contributed by atoms with Crippen molar-refractivity contribution in [3.63, 3.8) is 0 Å². The van der Waals surface area contributed by atoms with Crippen LogP contribution < -0.4 is 0 Å². The molecule has 1 N–H and O–H groups in total. The average molecular weight is 371 g/mol. The first-order chi connectivity index (χ1) is 12.5. The Hall–Kier alpha value is -2.40. The molecule has 0 aliphatic carbocycles. The Kier molecular flexibility index (Phi) is 5.95. The first kappa shape index (κ1) is 20.9. The van der Waals surface area contributed by atoms with E-state index < -0.39 is 5.97 Å². The molecule has 146 valence electrons. The maximum Gasteiger partial charge on any atom is 0.341 e. The highest BCUT2D eigenvalue weighted by Gasteiger charge is 2.25. The van der Waals surface area contributed by atoms with Crippen LogP contribution in [-0.4, -0.2) is 29.9 Å². The first-order valence-corrected chi connectivity index (χ1v) is 8.99. The van der Waals surface area contributed by atoms with Crippen LogP contribution in [0.5, 0.6) is 0 Å². The molecule has 0 amide bonds. The molecule has 1 aromatic carbocycles. The van der Waals surface area contributed by atoms with Crippen molar-refractivity contribution in [3.8, 4) is 0 Å². The van der Waals surface area contributed by atoms with Gasteiger partial charge in [0, 0.05) is 11.5 Å². The lowest BCUT2D eigenvalue weighted by molar-refractivity contribution is -0.133. The minimum Gasteiger partial charge on any atom is -0.465 e. The molecule has 0 bridgehead atoms. The molecule has 0 saturated heterocycles. The monoisotopic (exact) mass is 371 g/mol. The third kappa shape index (κ3) is 4.66. The number of aliphatic hydroxyl groups is 1. The lowest BCUT2D eigenvalue weighted by Gasteiger charge is -2.28. The van der Waals surface area contributed by atoms with Crippen LogP contribution in [0.2, 0.25) is 0 Å². The van der Waals surface area contributed by atoms with E-state index in [4.69, 9.17) is 9.26 Å². The topological polar surface area (TPSA) is 72.6 Å². The van der Waals surface area contributed by atoms with Gasteiger partial charge in [0.05, 0.1) is 19.4 Å². The summed E-state index contributed by atoms with van der Waals surface area (Å²) in [4.78, 5) is 12.3. The second-order valence-corrected chi connectivity index (χ2v) is 8.48. The molecule has 0 radical (unpaired) electrons. The molecule has 5 heteroatoms. The van der Waals surface area contributed by atoms with Gasteiger partial charge in [0.2, 0.25) is 0 Å². The average Bonchev–Trinajstić information content (AvgIpc) is 3.04. The Morgan fingerprint density at radius 1 is 1.22 bits per heavy atom. The van der Waals surface area contributed by atoms with E-state index in [2.05, 4.69) is 32.0 Å². The summed E-state index contributed by atoms with van der Waals surface area (Å²) in [5.41, 5.74) is 3.51. The number of aliphatic hydroxyl groups excluding tert-OH is 1. The number of carbonyl (C=O) groups is 1. The lowest BCUT2D eigenvalue weighted by atomic mass is 9.77. The minimum atomic E-state index is -0.481. The van der Waals surface area contributed by atoms with Gasteiger partial charge in [-0.25, -0.2) is 4.79 Å². The summed E-state index contributed by atoms with van der Waals surface area (Å²) >= 11 is 0. The molecule has 1 heterocycles. The van der Waals surface area contributed by atoms with Crippen molar-refractivity contribution in [2.75, 3.05) is 13.7 Å². The Balaban J connectivity index is 2.67. The number of methoxy groups -OCH3 is 1. The normalized spacial score (nSPS) is 13.0. The first-order valence-electron chi connectivity index (χ1n) is 8.99. The van der Waals surface area contributed by atoms with Gasteiger partial charge in [-0.15, -0.1) is 0 Å². The zero-order valence-corrected chi connectivity index (χ0v) is 17.2. The largest absolute Gasteiger partial charge is 0.465 e. The zero-order valence-electron chi connectivity index (χ0n) is 17.2. The van der Waals surface area contributed by atoms with Gasteiger partial charge in [0.25, 0.3) is 0 Å². The Labute approximate surface area is 161 Å². The fraction of sp³-hybridized carbons (Fsp3) is 0.455. The number of aromatic nitrogens is 1. The fourth-order valence-electron chi connectivity index (χ4n) is 2.83. The number of carbonyl (C=O) groups excluding carboxylic acids is 1. The molecule has 2 aromatic rings. The summed E-state index contributed by atoms with van der Waals surface area (Å²) < 4.78 is 10.2. The summed E-state index contributed by atoms with van der Waals surface area (Å²) in [6.07, 6.45) is 1.78. The summed E-state index contributed by atoms with van der Waals surface area (Å²) in [7, 11) is 1.34. The molecule has 1 aromatic heterocycles. The molecule has 0 saturated carbocycles. The van der Waals surface area contributed by atoms with Crippen LogP contribution in [-0.2, 0) is 20.4 Å². The van der Waals surface area contributed by atoms with Gasteiger partial charge in [0.15, 0.2) is 5.76 Å². The van der Waals surface area contributed by atoms with E-state index in [-0.39, 0.29) is 17.4 Å². The number of hydrogen-bond acceptors (Lipinski definition) is 5. The van der Waals surface area contributed by atoms with E-state index in [1.165, 1.54) is 7.11 Å². The van der Waals surface area contributed by atoms with Crippen LogP contribution in [0.1, 0.15) is 62.8 Å². The number of rotatable bonds is 5. The number of ether oxygens (including phenoxy) is 1. The van der Waals surface area contributed by atoms with Gasteiger partial charge in [-0.3, -0.25) is 0 Å². The van der Waals surface area contributed by atoms with Crippen LogP contribution in [0.15, 0.2) is 28.8 Å². The van der Waals surface area contributed by atoms with Crippen molar-refractivity contribution in [1.82, 2.24) is 5.16 Å². The van der Waals surface area contributed by atoms with Gasteiger partial charge in [-0.1, -0.05) is 58.0 Å². The number of aryl methyl sites for hydroxylation is 1. The van der Waals surface area contributed by atoms with Crippen molar-refractivity contribution < 1.29 is 19.2 Å². The number of hydrogen-bond donors (Lipinski definition) is 1. The maximum absolute atomic E-state index is 12.3. The van der Waals surface area contributed by atoms with E-state index >= 15 is 0 Å². The molecular formula is C22H29NO4. The highest BCUT2D eigenvalue weighted by molar-refractivity contribution is 6.20. The molecule has 5 nitrogen and oxygen atoms in total. The molecule has 0 aliphatic heterocycles. The van der Waals surface area contributed by atoms with Crippen molar-refractivity contribution >= 4 is 17.6 Å². The predicted molar refractivity (Wildman–Crippen MR) is 106 cm³/mol. The smallest absolute Gasteiger partial charge is 0.341 e. The van der Waals surface area contributed by atoms with E-state index in [1.54, 1.807) is 19.1 Å². The van der Waals surface area contributed by atoms with Crippen molar-refractivity contribution in [1.29, 1.82) is 0 Å². The molecule has 2 rings (SSSR count). The maximum atomic E-state index is 12.3. The van der Waals surface area contributed by atoms with E-state index in [0.717, 1.165) is 16.7 Å². The lowest BCUT2D eigenvalue weighted by Crippen LogP contribution is -2.23. The van der Waals surface area contributed by atoms with Crippen LogP contribution >= 0.6 is 0 Å². The number of benzene rings is 1. The standard InChI is InChI=1S/C22H29NO4/c1-14-10-19(27-23-14)17(20(25)26-7)11-15-8-9-16(22(5,6)13-24)12-18(15)21(2,3)4/h8-12,24H,13H2,1-7H3/b17-11-. The quantitative estimate of drug-likeness (QED) is 0.628. The summed E-state index contributed by atoms with van der Waals surface area (Å²) in [5.74, 6) is -0.107. The molecule has 27 heavy (non-hydrogen) atoms. The van der Waals surface area contributed by atoms with Gasteiger partial charge >= 0.3 is 5.97 Å². The molecule has 0 atom stereocenters. The summed E-state index contributed by atoms with van der Waals surface area (Å²) in [5, 5.41) is 13.6. The third-order valence-electron chi connectivity index (χ3n) is 4.64. The molecular weight excluding hydrogens is 342 g/mol. The predicted octanol–water partition coefficient (Wildman–Crippen LogP) is 4.26. The van der Waals surface area contributed by atoms with Gasteiger partial charge in [-0.05, 0) is 35.1 Å². The third-order valence-corrected chi connectivity index (χ3v) is 4.64. The van der Waals surface area contributed by atoms with Crippen LogP contribution in [0, 0.1) is 6.92 Å². The van der Waals surface area contributed by atoms with Crippen LogP contribution in [0.3, 0.4) is 0 Å². The summed E-state index contributed by atoms with van der Waals surface area (Å²) in [6.45, 7) is 12.2. The van der Waals surface area contributed by atoms with Crippen molar-refractivity contribution in [2.24, 2.45) is 0 Å². The number of nitrogens with zero attached hydrogens (tertiary/aromatic N) is 1. The van der Waals surface area contributed by atoms with Gasteiger partial charge in [-0.2, -0.15) is 0 Å². The Morgan fingerprint density at radius 3 is 2.37 bits per heavy atom. The molecule has 0 fully saturated rings. The molecule has 0 aliphatic rings. The molecule has 0 unspecified atom stereocenters. The second kappa shape index (κ2) is 7.69. The molecule has 0 spiro atoms. The zero-order chi connectivity index (χ0) is 20.4. The highest BCUT2D eigenvalue weighted by atomic mass is 16.5. The van der Waals surface area contributed by atoms with Crippen molar-refractivity contribution in [3.05, 3.63) is 52.4 Å². The highest BCUT2D eigenvalue weighted by Crippen LogP contribution is 2.33. The second-order valence-electron chi connectivity index (χ2n) is 8.48. The Morgan fingerprint density at radius 2 is 1.89 bits per heavy atom. The van der Waals surface area contributed by atoms with Gasteiger partial charge in [0.1, 0.15) is 5.57 Å². The Bertz CT molecular complexity index is 853. The van der Waals surface area contributed by atoms with Crippen LogP contribution in [0.4, 0.5) is 0 Å². The number of esters is 1. The van der Waals surface area contributed by atoms with E-state index in [0.29, 0.717) is 17.0 Å². The van der Waals surface area contributed by atoms with Crippen LogP contribution in [0.25, 0.3) is 11.6 Å². The van der Waals surface area contributed by atoms with Crippen molar-refractivity contribution in [2.45, 2.75) is 52.4 Å².